The van der Waals surface area contributed by atoms with E-state index in [1.807, 2.05) is 12.1 Å². The molecule has 2 rings (SSSR count). The van der Waals surface area contributed by atoms with E-state index in [4.69, 9.17) is 26.9 Å². The molecule has 1 aromatic heterocycles. The predicted octanol–water partition coefficient (Wildman–Crippen LogP) is 2.82. The summed E-state index contributed by atoms with van der Waals surface area (Å²) in [4.78, 5) is 0.926. The monoisotopic (exact) mass is 348 g/mol. The fourth-order valence-corrected chi connectivity index (χ4v) is 3.05. The third-order valence-corrected chi connectivity index (χ3v) is 3.92. The lowest BCUT2D eigenvalue weighted by Crippen LogP contribution is -2.03. The summed E-state index contributed by atoms with van der Waals surface area (Å²) in [7, 11) is 3.13. The van der Waals surface area contributed by atoms with Crippen molar-refractivity contribution < 1.29 is 9.47 Å². The molecule has 1 aromatic carbocycles. The predicted molar refractivity (Wildman–Crippen MR) is 90.6 cm³/mol. The molecule has 0 aliphatic carbocycles. The zero-order chi connectivity index (χ0) is 14.5. The SMILES string of the molecule is COc1cc2sc(C=NNC=NN)cc2c(Cl)c1OC.Cl. The number of nitrogens with zero attached hydrogens (tertiary/aromatic N) is 2. The van der Waals surface area contributed by atoms with Gasteiger partial charge >= 0.3 is 0 Å². The molecule has 0 saturated carbocycles. The molecule has 3 N–H and O–H groups in total. The first-order valence-electron chi connectivity index (χ1n) is 5.55. The molecule has 0 fully saturated rings. The van der Waals surface area contributed by atoms with Gasteiger partial charge in [-0.15, -0.1) is 23.7 Å². The molecule has 0 atom stereocenters. The number of nitrogens with one attached hydrogen (secondary N) is 1. The summed E-state index contributed by atoms with van der Waals surface area (Å²) in [6.45, 7) is 0. The highest BCUT2D eigenvalue weighted by molar-refractivity contribution is 7.20. The number of hydrogen-bond acceptors (Lipinski definition) is 6. The lowest BCUT2D eigenvalue weighted by Gasteiger charge is -2.09. The molecule has 21 heavy (non-hydrogen) atoms. The molecule has 0 unspecified atom stereocenters. The van der Waals surface area contributed by atoms with Crippen molar-refractivity contribution in [2.75, 3.05) is 14.2 Å². The van der Waals surface area contributed by atoms with E-state index in [9.17, 15) is 0 Å². The van der Waals surface area contributed by atoms with Gasteiger partial charge < -0.3 is 15.3 Å². The van der Waals surface area contributed by atoms with E-state index in [-0.39, 0.29) is 12.4 Å². The average molecular weight is 349 g/mol. The van der Waals surface area contributed by atoms with Gasteiger partial charge in [0.05, 0.1) is 25.5 Å². The maximum atomic E-state index is 6.33. The minimum atomic E-state index is 0. The van der Waals surface area contributed by atoms with Crippen LogP contribution in [-0.4, -0.2) is 26.8 Å². The van der Waals surface area contributed by atoms with Crippen LogP contribution in [0.5, 0.6) is 11.5 Å². The third-order valence-electron chi connectivity index (χ3n) is 2.52. The molecular formula is C12H14Cl2N4O2S. The van der Waals surface area contributed by atoms with Crippen molar-refractivity contribution in [3.05, 3.63) is 22.0 Å². The lowest BCUT2D eigenvalue weighted by molar-refractivity contribution is 0.356. The minimum Gasteiger partial charge on any atom is -0.493 e. The van der Waals surface area contributed by atoms with Gasteiger partial charge in [-0.2, -0.15) is 10.2 Å². The zero-order valence-corrected chi connectivity index (χ0v) is 13.7. The first-order valence-corrected chi connectivity index (χ1v) is 6.75. The summed E-state index contributed by atoms with van der Waals surface area (Å²) in [5, 5.41) is 8.62. The number of thiophene rings is 1. The first kappa shape index (κ1) is 17.4. The zero-order valence-electron chi connectivity index (χ0n) is 11.3. The molecule has 0 amide bonds. The van der Waals surface area contributed by atoms with Gasteiger partial charge in [0.2, 0.25) is 0 Å². The van der Waals surface area contributed by atoms with Crippen LogP contribution < -0.4 is 20.7 Å². The van der Waals surface area contributed by atoms with Crippen molar-refractivity contribution in [1.29, 1.82) is 0 Å². The van der Waals surface area contributed by atoms with Crippen LogP contribution in [0.15, 0.2) is 22.3 Å². The van der Waals surface area contributed by atoms with Gasteiger partial charge in [0.15, 0.2) is 11.5 Å². The van der Waals surface area contributed by atoms with E-state index < -0.39 is 0 Å². The Kier molecular flexibility index (Phi) is 6.54. The number of rotatable bonds is 5. The number of ether oxygens (including phenoxy) is 2. The fraction of sp³-hybridized carbons (Fsp3) is 0.167. The Bertz CT molecular complexity index is 673. The van der Waals surface area contributed by atoms with E-state index in [1.165, 1.54) is 17.7 Å². The Balaban J connectivity index is 0.00000220. The highest BCUT2D eigenvalue weighted by atomic mass is 35.5. The van der Waals surface area contributed by atoms with E-state index in [1.54, 1.807) is 20.4 Å². The summed E-state index contributed by atoms with van der Waals surface area (Å²) in [6, 6.07) is 3.81. The third kappa shape index (κ3) is 3.69. The second-order valence-corrected chi connectivity index (χ2v) is 5.15. The topological polar surface area (TPSA) is 81.2 Å². The van der Waals surface area contributed by atoms with Crippen molar-refractivity contribution in [3.63, 3.8) is 0 Å². The number of benzene rings is 1. The number of methoxy groups -OCH3 is 2. The van der Waals surface area contributed by atoms with Crippen molar-refractivity contribution in [2.45, 2.75) is 0 Å². The summed E-state index contributed by atoms with van der Waals surface area (Å²) >= 11 is 7.86. The standard InChI is InChI=1S/C12H13ClN4O2S.ClH/c1-18-9-4-10-8(11(13)12(9)19-2)3-7(20-10)5-16-17-6-15-14;/h3-6H,14H2,1-2H3,(H,15,17);1H. The van der Waals surface area contributed by atoms with Gasteiger partial charge in [-0.3, -0.25) is 5.43 Å². The molecule has 9 heteroatoms. The summed E-state index contributed by atoms with van der Waals surface area (Å²) in [5.74, 6) is 6.07. The lowest BCUT2D eigenvalue weighted by atomic mass is 10.2. The molecule has 0 spiro atoms. The molecule has 0 aliphatic heterocycles. The summed E-state index contributed by atoms with van der Waals surface area (Å²) in [5.41, 5.74) is 2.56. The second-order valence-electron chi connectivity index (χ2n) is 3.65. The second kappa shape index (κ2) is 7.92. The number of halogens is 2. The van der Waals surface area contributed by atoms with Crippen molar-refractivity contribution >= 4 is 58.0 Å². The van der Waals surface area contributed by atoms with Crippen molar-refractivity contribution in [3.8, 4) is 11.5 Å². The molecule has 6 nitrogen and oxygen atoms in total. The quantitative estimate of drug-likeness (QED) is 0.376. The number of hydrazone groups is 2. The normalized spacial score (nSPS) is 11.0. The Hall–Kier alpha value is -1.70. The average Bonchev–Trinajstić information content (AvgIpc) is 2.86. The van der Waals surface area contributed by atoms with E-state index in [0.29, 0.717) is 16.5 Å². The van der Waals surface area contributed by atoms with E-state index in [0.717, 1.165) is 15.0 Å². The molecular weight excluding hydrogens is 335 g/mol. The van der Waals surface area contributed by atoms with Crippen molar-refractivity contribution in [1.82, 2.24) is 5.43 Å². The van der Waals surface area contributed by atoms with Gasteiger partial charge in [0.25, 0.3) is 0 Å². The Morgan fingerprint density at radius 3 is 2.71 bits per heavy atom. The van der Waals surface area contributed by atoms with Crippen molar-refractivity contribution in [2.24, 2.45) is 16.0 Å². The van der Waals surface area contributed by atoms with E-state index >= 15 is 0 Å². The number of nitrogens with two attached hydrogens (primary N) is 1. The van der Waals surface area contributed by atoms with Crippen LogP contribution in [0.1, 0.15) is 4.88 Å². The van der Waals surface area contributed by atoms with Crippen LogP contribution in [0.4, 0.5) is 0 Å². The van der Waals surface area contributed by atoms with Crippen LogP contribution in [0, 0.1) is 0 Å². The van der Waals surface area contributed by atoms with Crippen LogP contribution in [0.3, 0.4) is 0 Å². The Labute approximate surface area is 137 Å². The summed E-state index contributed by atoms with van der Waals surface area (Å²) in [6.07, 6.45) is 2.94. The van der Waals surface area contributed by atoms with Gasteiger partial charge in [0, 0.05) is 21.0 Å². The maximum absolute atomic E-state index is 6.33. The van der Waals surface area contributed by atoms with Crippen LogP contribution in [-0.2, 0) is 0 Å². The molecule has 0 radical (unpaired) electrons. The first-order chi connectivity index (χ1) is 9.71. The highest BCUT2D eigenvalue weighted by Gasteiger charge is 2.15. The van der Waals surface area contributed by atoms with Gasteiger partial charge in [0.1, 0.15) is 6.34 Å². The molecule has 0 aliphatic rings. The fourth-order valence-electron chi connectivity index (χ4n) is 1.69. The van der Waals surface area contributed by atoms with Crippen LogP contribution in [0.25, 0.3) is 10.1 Å². The molecule has 2 aromatic rings. The molecule has 0 bridgehead atoms. The minimum absolute atomic E-state index is 0. The summed E-state index contributed by atoms with van der Waals surface area (Å²) < 4.78 is 11.5. The largest absolute Gasteiger partial charge is 0.493 e. The molecule has 1 heterocycles. The Morgan fingerprint density at radius 2 is 2.10 bits per heavy atom. The van der Waals surface area contributed by atoms with Gasteiger partial charge in [-0.1, -0.05) is 11.6 Å². The number of hydrogen-bond donors (Lipinski definition) is 2. The number of fused-ring (bicyclic) bond motifs is 1. The smallest absolute Gasteiger partial charge is 0.180 e. The molecule has 114 valence electrons. The van der Waals surface area contributed by atoms with Crippen LogP contribution >= 0.6 is 35.3 Å². The maximum Gasteiger partial charge on any atom is 0.180 e. The molecule has 0 saturated heterocycles. The highest BCUT2D eigenvalue weighted by Crippen LogP contribution is 2.43. The van der Waals surface area contributed by atoms with Crippen LogP contribution in [0.2, 0.25) is 5.02 Å². The van der Waals surface area contributed by atoms with E-state index in [2.05, 4.69) is 15.6 Å². The van der Waals surface area contributed by atoms with Gasteiger partial charge in [-0.25, -0.2) is 0 Å². The van der Waals surface area contributed by atoms with Gasteiger partial charge in [-0.05, 0) is 6.07 Å². The Morgan fingerprint density at radius 1 is 1.33 bits per heavy atom.